The fourth-order valence-corrected chi connectivity index (χ4v) is 3.71. The van der Waals surface area contributed by atoms with E-state index in [4.69, 9.17) is 13.9 Å². The van der Waals surface area contributed by atoms with Crippen molar-refractivity contribution in [1.29, 1.82) is 0 Å². The van der Waals surface area contributed by atoms with Gasteiger partial charge in [-0.1, -0.05) is 19.9 Å². The Kier molecular flexibility index (Phi) is 8.20. The first-order valence-corrected chi connectivity index (χ1v) is 11.2. The van der Waals surface area contributed by atoms with Gasteiger partial charge >= 0.3 is 0 Å². The van der Waals surface area contributed by atoms with Crippen LogP contribution in [0, 0.1) is 11.8 Å². The lowest BCUT2D eigenvalue weighted by atomic mass is 10.1. The van der Waals surface area contributed by atoms with Crippen LogP contribution in [-0.2, 0) is 22.6 Å². The molecular formula is C25H34N2O5. The maximum absolute atomic E-state index is 13.3. The quantitative estimate of drug-likeness (QED) is 0.500. The second kappa shape index (κ2) is 11.1. The van der Waals surface area contributed by atoms with Gasteiger partial charge in [-0.15, -0.1) is 0 Å². The Hall–Kier alpha value is -2.96. The molecule has 1 aliphatic rings. The minimum atomic E-state index is -0.0727. The van der Waals surface area contributed by atoms with Crippen molar-refractivity contribution in [2.75, 3.05) is 33.9 Å². The highest BCUT2D eigenvalue weighted by atomic mass is 16.5. The molecular weight excluding hydrogens is 408 g/mol. The van der Waals surface area contributed by atoms with Crippen LogP contribution in [0.2, 0.25) is 0 Å². The second-order valence-corrected chi connectivity index (χ2v) is 8.72. The van der Waals surface area contributed by atoms with Crippen LogP contribution in [0.25, 0.3) is 0 Å². The fourth-order valence-electron chi connectivity index (χ4n) is 3.71. The first-order chi connectivity index (χ1) is 15.4. The van der Waals surface area contributed by atoms with Crippen LogP contribution in [0.1, 0.15) is 38.0 Å². The zero-order chi connectivity index (χ0) is 23.1. The maximum atomic E-state index is 13.3. The van der Waals surface area contributed by atoms with Crippen molar-refractivity contribution >= 4 is 11.8 Å². The van der Waals surface area contributed by atoms with Crippen molar-refractivity contribution in [3.8, 4) is 11.5 Å². The number of ether oxygens (including phenoxy) is 2. The highest BCUT2D eigenvalue weighted by molar-refractivity contribution is 5.87. The van der Waals surface area contributed by atoms with Gasteiger partial charge in [-0.2, -0.15) is 0 Å². The number of hydrogen-bond acceptors (Lipinski definition) is 5. The molecule has 2 aromatic rings. The molecule has 7 heteroatoms. The molecule has 1 aliphatic carbocycles. The van der Waals surface area contributed by atoms with Gasteiger partial charge in [0, 0.05) is 19.0 Å². The topological polar surface area (TPSA) is 72.2 Å². The fraction of sp³-hybridized carbons (Fsp3) is 0.520. The molecule has 3 rings (SSSR count). The number of benzene rings is 1. The second-order valence-electron chi connectivity index (χ2n) is 8.72. The maximum Gasteiger partial charge on any atom is 0.242 e. The van der Waals surface area contributed by atoms with Crippen LogP contribution >= 0.6 is 0 Å². The van der Waals surface area contributed by atoms with Crippen molar-refractivity contribution in [1.82, 2.24) is 9.80 Å². The van der Waals surface area contributed by atoms with Gasteiger partial charge in [-0.25, -0.2) is 0 Å². The van der Waals surface area contributed by atoms with Crippen LogP contribution in [0.5, 0.6) is 11.5 Å². The molecule has 0 unspecified atom stereocenters. The van der Waals surface area contributed by atoms with E-state index < -0.39 is 0 Å². The SMILES string of the molecule is COc1ccc(CCN(Cc2ccco2)C(=O)CN(CC(C)C)C(=O)C2CC2)cc1OC. The first kappa shape index (κ1) is 23.7. The summed E-state index contributed by atoms with van der Waals surface area (Å²) in [6.07, 6.45) is 4.11. The highest BCUT2D eigenvalue weighted by Gasteiger charge is 2.35. The molecule has 0 aliphatic heterocycles. The van der Waals surface area contributed by atoms with Crippen molar-refractivity contribution in [3.63, 3.8) is 0 Å². The molecule has 32 heavy (non-hydrogen) atoms. The number of nitrogens with zero attached hydrogens (tertiary/aromatic N) is 2. The van der Waals surface area contributed by atoms with Crippen molar-refractivity contribution in [2.24, 2.45) is 11.8 Å². The van der Waals surface area contributed by atoms with Crippen LogP contribution in [0.15, 0.2) is 41.0 Å². The van der Waals surface area contributed by atoms with Crippen LogP contribution < -0.4 is 9.47 Å². The van der Waals surface area contributed by atoms with E-state index in [2.05, 4.69) is 13.8 Å². The number of rotatable bonds is 12. The minimum absolute atomic E-state index is 0.0727. The highest BCUT2D eigenvalue weighted by Crippen LogP contribution is 2.31. The number of amides is 2. The molecule has 1 fully saturated rings. The van der Waals surface area contributed by atoms with Gasteiger partial charge < -0.3 is 23.7 Å². The van der Waals surface area contributed by atoms with E-state index >= 15 is 0 Å². The number of methoxy groups -OCH3 is 2. The molecule has 1 aromatic heterocycles. The monoisotopic (exact) mass is 442 g/mol. The summed E-state index contributed by atoms with van der Waals surface area (Å²) in [5, 5.41) is 0. The number of carbonyl (C=O) groups is 2. The number of furan rings is 1. The number of hydrogen-bond donors (Lipinski definition) is 0. The molecule has 7 nitrogen and oxygen atoms in total. The molecule has 1 aromatic carbocycles. The predicted octanol–water partition coefficient (Wildman–Crippen LogP) is 3.76. The first-order valence-electron chi connectivity index (χ1n) is 11.2. The third-order valence-electron chi connectivity index (χ3n) is 5.55. The molecule has 0 spiro atoms. The zero-order valence-corrected chi connectivity index (χ0v) is 19.5. The molecule has 1 heterocycles. The van der Waals surface area contributed by atoms with Crippen LogP contribution in [-0.4, -0.2) is 55.5 Å². The van der Waals surface area contributed by atoms with E-state index in [-0.39, 0.29) is 24.3 Å². The van der Waals surface area contributed by atoms with Crippen molar-refractivity contribution < 1.29 is 23.5 Å². The van der Waals surface area contributed by atoms with E-state index in [1.165, 1.54) is 0 Å². The average Bonchev–Trinajstić information content (AvgIpc) is 3.51. The molecule has 174 valence electrons. The Balaban J connectivity index is 1.71. The minimum Gasteiger partial charge on any atom is -0.493 e. The van der Waals surface area contributed by atoms with Gasteiger partial charge in [-0.05, 0) is 55.0 Å². The summed E-state index contributed by atoms with van der Waals surface area (Å²) >= 11 is 0. The normalized spacial score (nSPS) is 13.2. The third kappa shape index (κ3) is 6.52. The Labute approximate surface area is 190 Å². The molecule has 0 saturated heterocycles. The predicted molar refractivity (Wildman–Crippen MR) is 122 cm³/mol. The summed E-state index contributed by atoms with van der Waals surface area (Å²) in [7, 11) is 3.21. The molecule has 0 bridgehead atoms. The summed E-state index contributed by atoms with van der Waals surface area (Å²) in [5.41, 5.74) is 1.04. The van der Waals surface area contributed by atoms with E-state index in [1.54, 1.807) is 30.3 Å². The van der Waals surface area contributed by atoms with Gasteiger partial charge in [-0.3, -0.25) is 9.59 Å². The smallest absolute Gasteiger partial charge is 0.242 e. The van der Waals surface area contributed by atoms with Gasteiger partial charge in [0.25, 0.3) is 0 Å². The Bertz CT molecular complexity index is 890. The third-order valence-corrected chi connectivity index (χ3v) is 5.55. The lowest BCUT2D eigenvalue weighted by Gasteiger charge is -2.28. The van der Waals surface area contributed by atoms with Crippen molar-refractivity contribution in [3.05, 3.63) is 47.9 Å². The Morgan fingerprint density at radius 1 is 1.09 bits per heavy atom. The molecule has 0 radical (unpaired) electrons. The van der Waals surface area contributed by atoms with Gasteiger partial charge in [0.2, 0.25) is 11.8 Å². The Morgan fingerprint density at radius 3 is 2.44 bits per heavy atom. The van der Waals surface area contributed by atoms with Gasteiger partial charge in [0.05, 0.1) is 33.6 Å². The lowest BCUT2D eigenvalue weighted by molar-refractivity contribution is -0.142. The summed E-state index contributed by atoms with van der Waals surface area (Å²) in [5.74, 6) is 2.47. The molecule has 0 N–H and O–H groups in total. The lowest BCUT2D eigenvalue weighted by Crippen LogP contribution is -2.45. The molecule has 2 amide bonds. The Morgan fingerprint density at radius 2 is 1.84 bits per heavy atom. The van der Waals surface area contributed by atoms with Gasteiger partial charge in [0.1, 0.15) is 5.76 Å². The summed E-state index contributed by atoms with van der Waals surface area (Å²) in [6.45, 7) is 5.69. The summed E-state index contributed by atoms with van der Waals surface area (Å²) in [4.78, 5) is 29.5. The zero-order valence-electron chi connectivity index (χ0n) is 19.5. The van der Waals surface area contributed by atoms with Crippen LogP contribution in [0.4, 0.5) is 0 Å². The number of carbonyl (C=O) groups excluding carboxylic acids is 2. The molecule has 0 atom stereocenters. The molecule has 1 saturated carbocycles. The summed E-state index contributed by atoms with van der Waals surface area (Å²) < 4.78 is 16.2. The van der Waals surface area contributed by atoms with Crippen LogP contribution in [0.3, 0.4) is 0 Å². The summed E-state index contributed by atoms with van der Waals surface area (Å²) in [6, 6.07) is 9.44. The van der Waals surface area contributed by atoms with E-state index in [0.717, 1.165) is 24.2 Å². The van der Waals surface area contributed by atoms with E-state index in [0.29, 0.717) is 43.5 Å². The van der Waals surface area contributed by atoms with Gasteiger partial charge in [0.15, 0.2) is 11.5 Å². The average molecular weight is 443 g/mol. The standard InChI is InChI=1S/C25H34N2O5/c1-18(2)15-27(25(29)20-8-9-20)17-24(28)26(16-21-6-5-13-32-21)12-11-19-7-10-22(30-3)23(14-19)31-4/h5-7,10,13-14,18,20H,8-9,11-12,15-17H2,1-4H3. The van der Waals surface area contributed by atoms with E-state index in [9.17, 15) is 9.59 Å². The largest absolute Gasteiger partial charge is 0.493 e. The van der Waals surface area contributed by atoms with E-state index in [1.807, 2.05) is 30.3 Å². The van der Waals surface area contributed by atoms with Crippen molar-refractivity contribution in [2.45, 2.75) is 39.7 Å².